The van der Waals surface area contributed by atoms with Crippen molar-refractivity contribution in [1.82, 2.24) is 10.3 Å². The zero-order chi connectivity index (χ0) is 28.2. The Kier molecular flexibility index (Phi) is 8.21. The molecule has 0 radical (unpaired) electrons. The fourth-order valence-corrected chi connectivity index (χ4v) is 6.69. The number of hydrogen-bond donors (Lipinski definition) is 3. The number of pyridine rings is 1. The third-order valence-electron chi connectivity index (χ3n) is 8.71. The minimum absolute atomic E-state index is 0.0208. The van der Waals surface area contributed by atoms with Crippen LogP contribution in [0.4, 0.5) is 5.69 Å². The van der Waals surface area contributed by atoms with Gasteiger partial charge in [0.1, 0.15) is 0 Å². The molecule has 0 saturated heterocycles. The van der Waals surface area contributed by atoms with Crippen LogP contribution < -0.4 is 20.5 Å². The lowest BCUT2D eigenvalue weighted by molar-refractivity contribution is 0.140. The first-order valence-corrected chi connectivity index (χ1v) is 14.7. The van der Waals surface area contributed by atoms with Crippen molar-refractivity contribution >= 4 is 5.69 Å². The zero-order valence-corrected chi connectivity index (χ0v) is 23.6. The van der Waals surface area contributed by atoms with Crippen LogP contribution in [-0.4, -0.2) is 36.0 Å². The number of nitrogen functional groups attached to an aromatic ring is 1. The number of nitrogens with zero attached hydrogens (tertiary/aromatic N) is 1. The molecular formula is C35H39N3O3. The topological polar surface area (TPSA) is 89.6 Å². The van der Waals surface area contributed by atoms with Crippen LogP contribution in [0.2, 0.25) is 0 Å². The average Bonchev–Trinajstić information content (AvgIpc) is 3.62. The molecule has 2 aliphatic rings. The van der Waals surface area contributed by atoms with Crippen molar-refractivity contribution in [2.24, 2.45) is 0 Å². The highest BCUT2D eigenvalue weighted by molar-refractivity contribution is 5.51. The van der Waals surface area contributed by atoms with E-state index in [-0.39, 0.29) is 24.0 Å². The fourth-order valence-electron chi connectivity index (χ4n) is 6.69. The molecule has 0 bridgehead atoms. The highest BCUT2D eigenvalue weighted by atomic mass is 16.5. The number of hydrogen-bond acceptors (Lipinski definition) is 6. The van der Waals surface area contributed by atoms with Gasteiger partial charge in [-0.3, -0.25) is 4.98 Å². The molecule has 0 spiro atoms. The maximum absolute atomic E-state index is 11.0. The summed E-state index contributed by atoms with van der Waals surface area (Å²) in [6.45, 7) is 0.643. The third kappa shape index (κ3) is 5.95. The summed E-state index contributed by atoms with van der Waals surface area (Å²) >= 11 is 0. The Morgan fingerprint density at radius 3 is 2.46 bits per heavy atom. The van der Waals surface area contributed by atoms with E-state index in [0.29, 0.717) is 13.0 Å². The number of benzene rings is 3. The minimum Gasteiger partial charge on any atom is -0.493 e. The molecule has 4 N–H and O–H groups in total. The molecule has 6 heteroatoms. The van der Waals surface area contributed by atoms with Gasteiger partial charge in [0, 0.05) is 42.9 Å². The average molecular weight is 550 g/mol. The lowest BCUT2D eigenvalue weighted by Gasteiger charge is -2.31. The molecule has 0 aliphatic heterocycles. The number of ether oxygens (including phenoxy) is 2. The van der Waals surface area contributed by atoms with E-state index in [1.807, 2.05) is 42.7 Å². The summed E-state index contributed by atoms with van der Waals surface area (Å²) in [6, 6.07) is 26.8. The summed E-state index contributed by atoms with van der Waals surface area (Å²) in [5.41, 5.74) is 12.9. The highest BCUT2D eigenvalue weighted by Crippen LogP contribution is 2.43. The third-order valence-corrected chi connectivity index (χ3v) is 8.71. The summed E-state index contributed by atoms with van der Waals surface area (Å²) in [7, 11) is 1.69. The smallest absolute Gasteiger partial charge is 0.161 e. The van der Waals surface area contributed by atoms with Crippen molar-refractivity contribution < 1.29 is 14.6 Å². The van der Waals surface area contributed by atoms with Crippen molar-refractivity contribution in [3.8, 4) is 11.5 Å². The molecule has 1 heterocycles. The number of aliphatic hydroxyl groups excluding tert-OH is 1. The van der Waals surface area contributed by atoms with Gasteiger partial charge in [-0.1, -0.05) is 42.5 Å². The van der Waals surface area contributed by atoms with E-state index in [1.54, 1.807) is 7.11 Å². The number of aromatic nitrogens is 1. The van der Waals surface area contributed by atoms with Crippen LogP contribution in [0.3, 0.4) is 0 Å². The molecule has 3 aromatic carbocycles. The first-order valence-electron chi connectivity index (χ1n) is 14.7. The molecular weight excluding hydrogens is 510 g/mol. The molecule has 1 saturated carbocycles. The van der Waals surface area contributed by atoms with E-state index in [0.717, 1.165) is 46.7 Å². The molecule has 6 rings (SSSR count). The molecule has 4 aromatic rings. The number of methoxy groups -OCH3 is 1. The van der Waals surface area contributed by atoms with Crippen LogP contribution in [0.15, 0.2) is 91.3 Å². The zero-order valence-electron chi connectivity index (χ0n) is 23.6. The Morgan fingerprint density at radius 2 is 1.68 bits per heavy atom. The molecule has 2 aliphatic carbocycles. The summed E-state index contributed by atoms with van der Waals surface area (Å²) in [4.78, 5) is 4.30. The summed E-state index contributed by atoms with van der Waals surface area (Å²) in [5, 5.41) is 14.8. The van der Waals surface area contributed by atoms with Crippen LogP contribution in [0.1, 0.15) is 71.4 Å². The van der Waals surface area contributed by atoms with Crippen LogP contribution >= 0.6 is 0 Å². The quantitative estimate of drug-likeness (QED) is 0.205. The summed E-state index contributed by atoms with van der Waals surface area (Å²) < 4.78 is 12.2. The minimum atomic E-state index is -0.469. The van der Waals surface area contributed by atoms with E-state index in [4.69, 9.17) is 15.2 Å². The van der Waals surface area contributed by atoms with Gasteiger partial charge >= 0.3 is 0 Å². The van der Waals surface area contributed by atoms with Gasteiger partial charge in [-0.2, -0.15) is 0 Å². The van der Waals surface area contributed by atoms with Crippen molar-refractivity contribution in [3.63, 3.8) is 0 Å². The molecule has 4 atom stereocenters. The van der Waals surface area contributed by atoms with Gasteiger partial charge < -0.3 is 25.6 Å². The van der Waals surface area contributed by atoms with Crippen molar-refractivity contribution in [2.75, 3.05) is 19.4 Å². The monoisotopic (exact) mass is 549 g/mol. The predicted molar refractivity (Wildman–Crippen MR) is 162 cm³/mol. The molecule has 41 heavy (non-hydrogen) atoms. The van der Waals surface area contributed by atoms with E-state index in [2.05, 4.69) is 58.8 Å². The Hall–Kier alpha value is -3.87. The standard InChI is InChI=1S/C35H39N3O3/c1-40-32-14-13-26(21-33(32)41-28-10-3-4-11-28)34(25-8-6-9-27(36)19-25)30(23-15-17-37-18-16-23)22-38-35-29-12-5-2-7-24(29)20-31(35)39/h2,5-9,12-19,21,28,30-31,34-35,38-39H,3-4,10-11,20,22,36H2,1H3/t30?,31-,34-,35+/m1/s1. The van der Waals surface area contributed by atoms with Crippen LogP contribution in [0.5, 0.6) is 11.5 Å². The number of fused-ring (bicyclic) bond motifs is 1. The van der Waals surface area contributed by atoms with Gasteiger partial charge in [0.05, 0.1) is 25.4 Å². The van der Waals surface area contributed by atoms with Crippen LogP contribution in [-0.2, 0) is 6.42 Å². The summed E-state index contributed by atoms with van der Waals surface area (Å²) in [5.74, 6) is 1.51. The molecule has 6 nitrogen and oxygen atoms in total. The molecule has 212 valence electrons. The van der Waals surface area contributed by atoms with Gasteiger partial charge in [0.2, 0.25) is 0 Å². The fraction of sp³-hybridized carbons (Fsp3) is 0.343. The maximum atomic E-state index is 11.0. The number of anilines is 1. The first-order chi connectivity index (χ1) is 20.1. The van der Waals surface area contributed by atoms with Crippen LogP contribution in [0.25, 0.3) is 0 Å². The number of rotatable bonds is 10. The lowest BCUT2D eigenvalue weighted by Crippen LogP contribution is -2.34. The molecule has 0 amide bonds. The van der Waals surface area contributed by atoms with E-state index >= 15 is 0 Å². The largest absolute Gasteiger partial charge is 0.493 e. The lowest BCUT2D eigenvalue weighted by atomic mass is 9.77. The number of nitrogens with one attached hydrogen (secondary N) is 1. The Morgan fingerprint density at radius 1 is 0.902 bits per heavy atom. The van der Waals surface area contributed by atoms with Crippen molar-refractivity contribution in [3.05, 3.63) is 119 Å². The Bertz CT molecular complexity index is 1450. The maximum Gasteiger partial charge on any atom is 0.161 e. The Balaban J connectivity index is 1.41. The molecule has 1 unspecified atom stereocenters. The molecule has 1 aromatic heterocycles. The van der Waals surface area contributed by atoms with Crippen molar-refractivity contribution in [2.45, 2.75) is 62.2 Å². The second-order valence-corrected chi connectivity index (χ2v) is 11.3. The normalized spacial score (nSPS) is 20.0. The van der Waals surface area contributed by atoms with E-state index in [9.17, 15) is 5.11 Å². The molecule has 1 fully saturated rings. The number of nitrogens with two attached hydrogens (primary N) is 1. The van der Waals surface area contributed by atoms with Gasteiger partial charge in [-0.05, 0) is 89.9 Å². The second-order valence-electron chi connectivity index (χ2n) is 11.3. The van der Waals surface area contributed by atoms with Gasteiger partial charge in [0.15, 0.2) is 11.5 Å². The van der Waals surface area contributed by atoms with E-state index in [1.165, 1.54) is 24.0 Å². The van der Waals surface area contributed by atoms with Crippen LogP contribution in [0, 0.1) is 0 Å². The second kappa shape index (κ2) is 12.3. The first kappa shape index (κ1) is 27.3. The predicted octanol–water partition coefficient (Wildman–Crippen LogP) is 6.16. The SMILES string of the molecule is COc1ccc([C@@H](c2cccc(N)c2)C(CN[C@H]2c3ccccc3C[C@H]2O)c2ccncc2)cc1OC1CCCC1. The van der Waals surface area contributed by atoms with Crippen molar-refractivity contribution in [1.29, 1.82) is 0 Å². The Labute approximate surface area is 242 Å². The van der Waals surface area contributed by atoms with Gasteiger partial charge in [-0.25, -0.2) is 0 Å². The highest BCUT2D eigenvalue weighted by Gasteiger charge is 2.34. The van der Waals surface area contributed by atoms with Gasteiger partial charge in [0.25, 0.3) is 0 Å². The van der Waals surface area contributed by atoms with E-state index < -0.39 is 6.10 Å². The summed E-state index contributed by atoms with van der Waals surface area (Å²) in [6.07, 6.45) is 8.64. The van der Waals surface area contributed by atoms with Gasteiger partial charge in [-0.15, -0.1) is 0 Å². The number of aliphatic hydroxyl groups is 1.